The minimum atomic E-state index is 0.264. The van der Waals surface area contributed by atoms with Crippen LogP contribution in [0.3, 0.4) is 0 Å². The zero-order valence-electron chi connectivity index (χ0n) is 10.4. The molecule has 3 N–H and O–H groups in total. The third-order valence-corrected chi connectivity index (χ3v) is 4.10. The van der Waals surface area contributed by atoms with Gasteiger partial charge in [-0.3, -0.25) is 11.3 Å². The number of hydrogen-bond donors (Lipinski definition) is 2. The molecule has 0 aliphatic heterocycles. The molecule has 2 nitrogen and oxygen atoms in total. The van der Waals surface area contributed by atoms with E-state index in [1.54, 1.807) is 11.3 Å². The van der Waals surface area contributed by atoms with Crippen molar-refractivity contribution in [3.63, 3.8) is 0 Å². The lowest BCUT2D eigenvalue weighted by molar-refractivity contribution is 0.450. The monoisotopic (exact) mass is 248 g/mol. The van der Waals surface area contributed by atoms with E-state index in [9.17, 15) is 0 Å². The summed E-state index contributed by atoms with van der Waals surface area (Å²) in [6.45, 7) is 4.50. The summed E-state index contributed by atoms with van der Waals surface area (Å²) >= 11 is 1.80. The second kappa shape index (κ2) is 5.63. The van der Waals surface area contributed by atoms with Crippen LogP contribution in [0.4, 0.5) is 0 Å². The van der Waals surface area contributed by atoms with Gasteiger partial charge in [-0.25, -0.2) is 0 Å². The molecular formula is C14H20N2S. The van der Waals surface area contributed by atoms with E-state index in [0.29, 0.717) is 5.92 Å². The van der Waals surface area contributed by atoms with Gasteiger partial charge >= 0.3 is 0 Å². The van der Waals surface area contributed by atoms with Crippen molar-refractivity contribution in [2.45, 2.75) is 32.7 Å². The molecule has 2 aromatic rings. The summed E-state index contributed by atoms with van der Waals surface area (Å²) < 4.78 is 1.36. The Balaban J connectivity index is 2.26. The molecule has 0 fully saturated rings. The Morgan fingerprint density at radius 3 is 2.76 bits per heavy atom. The largest absolute Gasteiger partial charge is 0.271 e. The molecule has 0 amide bonds. The highest BCUT2D eigenvalue weighted by Gasteiger charge is 2.13. The number of nitrogens with two attached hydrogens (primary N) is 1. The maximum atomic E-state index is 5.71. The molecule has 1 aromatic carbocycles. The lowest BCUT2D eigenvalue weighted by Crippen LogP contribution is -2.28. The topological polar surface area (TPSA) is 38.0 Å². The number of thiophene rings is 1. The van der Waals surface area contributed by atoms with Gasteiger partial charge in [0, 0.05) is 10.7 Å². The minimum Gasteiger partial charge on any atom is -0.271 e. The normalized spacial score (nSPS) is 13.4. The number of nitrogens with one attached hydrogen (secondary N) is 1. The predicted octanol–water partition coefficient (Wildman–Crippen LogP) is 3.84. The van der Waals surface area contributed by atoms with Crippen LogP contribution in [0.1, 0.15) is 38.3 Å². The molecule has 0 radical (unpaired) electrons. The van der Waals surface area contributed by atoms with Crippen molar-refractivity contribution < 1.29 is 0 Å². The zero-order valence-corrected chi connectivity index (χ0v) is 11.3. The summed E-state index contributed by atoms with van der Waals surface area (Å²) in [6.07, 6.45) is 2.28. The maximum absolute atomic E-state index is 5.71. The fourth-order valence-electron chi connectivity index (χ4n) is 2.12. The summed E-state index contributed by atoms with van der Waals surface area (Å²) in [5, 5.41) is 3.46. The summed E-state index contributed by atoms with van der Waals surface area (Å²) in [4.78, 5) is 0. The van der Waals surface area contributed by atoms with Crippen molar-refractivity contribution in [3.05, 3.63) is 35.2 Å². The van der Waals surface area contributed by atoms with E-state index < -0.39 is 0 Å². The van der Waals surface area contributed by atoms with Crippen LogP contribution in [0.25, 0.3) is 10.1 Å². The van der Waals surface area contributed by atoms with E-state index >= 15 is 0 Å². The molecule has 1 aromatic heterocycles. The molecule has 2 rings (SSSR count). The Labute approximate surface area is 107 Å². The molecule has 1 unspecified atom stereocenters. The van der Waals surface area contributed by atoms with Crippen LogP contribution in [-0.4, -0.2) is 0 Å². The lowest BCUT2D eigenvalue weighted by atomic mass is 9.97. The van der Waals surface area contributed by atoms with Gasteiger partial charge in [-0.15, -0.1) is 11.3 Å². The molecule has 1 atom stereocenters. The minimum absolute atomic E-state index is 0.264. The van der Waals surface area contributed by atoms with Crippen molar-refractivity contribution >= 4 is 21.4 Å². The van der Waals surface area contributed by atoms with Crippen LogP contribution in [0.15, 0.2) is 29.6 Å². The summed E-state index contributed by atoms with van der Waals surface area (Å²) in [6, 6.07) is 8.89. The van der Waals surface area contributed by atoms with Gasteiger partial charge in [-0.2, -0.15) is 0 Å². The molecule has 0 aliphatic rings. The quantitative estimate of drug-likeness (QED) is 0.623. The number of hydrazine groups is 1. The lowest BCUT2D eigenvalue weighted by Gasteiger charge is -2.18. The highest BCUT2D eigenvalue weighted by Crippen LogP contribution is 2.31. The number of rotatable bonds is 5. The van der Waals surface area contributed by atoms with Crippen molar-refractivity contribution in [3.8, 4) is 0 Å². The smallest absolute Gasteiger partial charge is 0.0474 e. The predicted molar refractivity (Wildman–Crippen MR) is 76.0 cm³/mol. The Kier molecular flexibility index (Phi) is 4.15. The van der Waals surface area contributed by atoms with Crippen molar-refractivity contribution in [1.29, 1.82) is 0 Å². The van der Waals surface area contributed by atoms with Crippen LogP contribution in [-0.2, 0) is 0 Å². The van der Waals surface area contributed by atoms with Crippen LogP contribution >= 0.6 is 11.3 Å². The van der Waals surface area contributed by atoms with Crippen LogP contribution in [0.2, 0.25) is 0 Å². The molecule has 3 heteroatoms. The van der Waals surface area contributed by atoms with Crippen molar-refractivity contribution in [2.24, 2.45) is 11.8 Å². The average molecular weight is 248 g/mol. The van der Waals surface area contributed by atoms with E-state index in [0.717, 1.165) is 6.42 Å². The molecule has 1 heterocycles. The van der Waals surface area contributed by atoms with E-state index in [1.165, 1.54) is 22.1 Å². The second-order valence-corrected chi connectivity index (χ2v) is 5.79. The number of hydrogen-bond acceptors (Lipinski definition) is 3. The summed E-state index contributed by atoms with van der Waals surface area (Å²) in [7, 11) is 0. The number of fused-ring (bicyclic) bond motifs is 1. The van der Waals surface area contributed by atoms with Gasteiger partial charge in [0.1, 0.15) is 0 Å². The third-order valence-electron chi connectivity index (χ3n) is 3.12. The summed E-state index contributed by atoms with van der Waals surface area (Å²) in [5.74, 6) is 6.42. The van der Waals surface area contributed by atoms with Gasteiger partial charge in [0.05, 0.1) is 0 Å². The Morgan fingerprint density at radius 2 is 2.06 bits per heavy atom. The summed E-state index contributed by atoms with van der Waals surface area (Å²) in [5.41, 5.74) is 4.30. The molecule has 0 bridgehead atoms. The first-order valence-corrected chi connectivity index (χ1v) is 7.02. The molecule has 92 valence electrons. The average Bonchev–Trinajstić information content (AvgIpc) is 2.78. The molecular weight excluding hydrogens is 228 g/mol. The maximum Gasteiger partial charge on any atom is 0.0474 e. The van der Waals surface area contributed by atoms with Crippen LogP contribution < -0.4 is 11.3 Å². The standard InChI is InChI=1S/C14H20N2S/c1-10(2)6-7-13(16-15)12-5-3-4-11-8-9-17-14(11)12/h3-5,8-10,13,16H,6-7,15H2,1-2H3. The molecule has 0 saturated heterocycles. The van der Waals surface area contributed by atoms with Gasteiger partial charge in [-0.05, 0) is 41.2 Å². The number of benzene rings is 1. The van der Waals surface area contributed by atoms with E-state index in [-0.39, 0.29) is 6.04 Å². The molecule has 17 heavy (non-hydrogen) atoms. The van der Waals surface area contributed by atoms with Crippen LogP contribution in [0, 0.1) is 5.92 Å². The van der Waals surface area contributed by atoms with E-state index in [4.69, 9.17) is 5.84 Å². The first kappa shape index (κ1) is 12.6. The zero-order chi connectivity index (χ0) is 12.3. The Morgan fingerprint density at radius 1 is 1.24 bits per heavy atom. The second-order valence-electron chi connectivity index (χ2n) is 4.88. The van der Waals surface area contributed by atoms with Crippen molar-refractivity contribution in [1.82, 2.24) is 5.43 Å². The van der Waals surface area contributed by atoms with Gasteiger partial charge in [-0.1, -0.05) is 32.0 Å². The van der Waals surface area contributed by atoms with Gasteiger partial charge in [0.25, 0.3) is 0 Å². The third kappa shape index (κ3) is 2.86. The first-order chi connectivity index (χ1) is 8.22. The van der Waals surface area contributed by atoms with E-state index in [1.807, 2.05) is 0 Å². The fourth-order valence-corrected chi connectivity index (χ4v) is 3.09. The van der Waals surface area contributed by atoms with Gasteiger partial charge < -0.3 is 0 Å². The van der Waals surface area contributed by atoms with Crippen molar-refractivity contribution in [2.75, 3.05) is 0 Å². The van der Waals surface area contributed by atoms with Crippen LogP contribution in [0.5, 0.6) is 0 Å². The Hall–Kier alpha value is -0.900. The molecule has 0 aliphatic carbocycles. The SMILES string of the molecule is CC(C)CCC(NN)c1cccc2ccsc12. The highest BCUT2D eigenvalue weighted by atomic mass is 32.1. The van der Waals surface area contributed by atoms with E-state index in [2.05, 4.69) is 48.9 Å². The van der Waals surface area contributed by atoms with Gasteiger partial charge in [0.15, 0.2) is 0 Å². The molecule has 0 saturated carbocycles. The van der Waals surface area contributed by atoms with Gasteiger partial charge in [0.2, 0.25) is 0 Å². The fraction of sp³-hybridized carbons (Fsp3) is 0.429. The highest BCUT2D eigenvalue weighted by molar-refractivity contribution is 7.17. The first-order valence-electron chi connectivity index (χ1n) is 6.14. The Bertz CT molecular complexity index is 476. The molecule has 0 spiro atoms.